The number of hydrogen-bond acceptors (Lipinski definition) is 1. The molecule has 0 spiro atoms. The summed E-state index contributed by atoms with van der Waals surface area (Å²) in [5.74, 6) is 0. The van der Waals surface area contributed by atoms with Crippen molar-refractivity contribution in [1.29, 1.82) is 0 Å². The molecule has 0 aliphatic heterocycles. The van der Waals surface area contributed by atoms with Gasteiger partial charge in [0.05, 0.1) is 22.4 Å². The topological polar surface area (TPSA) is 8.17 Å². The van der Waals surface area contributed by atoms with Gasteiger partial charge >= 0.3 is 0 Å². The Morgan fingerprint density at radius 1 is 0.310 bits per heavy atom. The summed E-state index contributed by atoms with van der Waals surface area (Å²) in [6, 6.07) is 97.9. The molecule has 0 N–H and O–H groups in total. The first-order valence-corrected chi connectivity index (χ1v) is 24.7. The molecule has 1 heterocycles. The molecular weight excluding hydrogens is 857 g/mol. The Morgan fingerprint density at radius 2 is 0.789 bits per heavy atom. The van der Waals surface area contributed by atoms with E-state index in [9.17, 15) is 0 Å². The number of anilines is 3. The molecule has 0 amide bonds. The normalized spacial score (nSPS) is 12.5. The molecule has 0 bridgehead atoms. The third-order valence-corrected chi connectivity index (χ3v) is 14.9. The van der Waals surface area contributed by atoms with Crippen molar-refractivity contribution in [3.8, 4) is 72.4 Å². The number of aromatic nitrogens is 1. The Morgan fingerprint density at radius 3 is 1.49 bits per heavy atom. The van der Waals surface area contributed by atoms with Crippen LogP contribution in [0.4, 0.5) is 17.1 Å². The van der Waals surface area contributed by atoms with Gasteiger partial charge < -0.3 is 9.47 Å². The lowest BCUT2D eigenvalue weighted by Crippen LogP contribution is -2.15. The number of hydrogen-bond donors (Lipinski definition) is 0. The van der Waals surface area contributed by atoms with Gasteiger partial charge in [0, 0.05) is 38.7 Å². The van der Waals surface area contributed by atoms with Crippen molar-refractivity contribution in [2.75, 3.05) is 4.90 Å². The quantitative estimate of drug-likeness (QED) is 0.140. The van der Waals surface area contributed by atoms with Gasteiger partial charge in [-0.15, -0.1) is 0 Å². The summed E-state index contributed by atoms with van der Waals surface area (Å²) < 4.78 is 2.38. The predicted molar refractivity (Wildman–Crippen MR) is 300 cm³/mol. The van der Waals surface area contributed by atoms with E-state index in [2.05, 4.69) is 290 Å². The van der Waals surface area contributed by atoms with Crippen molar-refractivity contribution in [2.24, 2.45) is 0 Å². The molecule has 0 saturated heterocycles. The maximum absolute atomic E-state index is 2.50. The van der Waals surface area contributed by atoms with Crippen LogP contribution in [-0.4, -0.2) is 4.57 Å². The van der Waals surface area contributed by atoms with E-state index >= 15 is 0 Å². The highest BCUT2D eigenvalue weighted by atomic mass is 15.1. The smallest absolute Gasteiger partial charge is 0.0541 e. The average molecular weight is 907 g/mol. The summed E-state index contributed by atoms with van der Waals surface area (Å²) in [4.78, 5) is 2.50. The van der Waals surface area contributed by atoms with E-state index in [-0.39, 0.29) is 5.41 Å². The highest BCUT2D eigenvalue weighted by Gasteiger charge is 2.37. The van der Waals surface area contributed by atoms with E-state index in [0.717, 1.165) is 33.9 Å². The Kier molecular flexibility index (Phi) is 10.2. The number of fused-ring (bicyclic) bond motifs is 6. The van der Waals surface area contributed by atoms with Crippen molar-refractivity contribution in [3.05, 3.63) is 278 Å². The number of benzene rings is 11. The highest BCUT2D eigenvalue weighted by molar-refractivity contribution is 6.10. The monoisotopic (exact) mass is 906 g/mol. The molecule has 71 heavy (non-hydrogen) atoms. The van der Waals surface area contributed by atoms with Gasteiger partial charge in [0.25, 0.3) is 0 Å². The molecule has 11 aromatic carbocycles. The fourth-order valence-corrected chi connectivity index (χ4v) is 11.5. The minimum atomic E-state index is -0.127. The Hall–Kier alpha value is -8.98. The van der Waals surface area contributed by atoms with Crippen LogP contribution in [0.25, 0.3) is 94.3 Å². The van der Waals surface area contributed by atoms with Gasteiger partial charge in [0.1, 0.15) is 0 Å². The van der Waals surface area contributed by atoms with E-state index in [1.165, 1.54) is 88.6 Å². The molecule has 0 radical (unpaired) electrons. The zero-order valence-electron chi connectivity index (χ0n) is 39.8. The molecule has 336 valence electrons. The molecule has 0 atom stereocenters. The lowest BCUT2D eigenvalue weighted by molar-refractivity contribution is 0.660. The number of para-hydroxylation sites is 4. The average Bonchev–Trinajstić information content (AvgIpc) is 3.89. The molecule has 2 heteroatoms. The first kappa shape index (κ1) is 42.1. The van der Waals surface area contributed by atoms with E-state index in [1.54, 1.807) is 0 Å². The van der Waals surface area contributed by atoms with Gasteiger partial charge in [-0.3, -0.25) is 0 Å². The maximum Gasteiger partial charge on any atom is 0.0541 e. The Bertz CT molecular complexity index is 3950. The summed E-state index contributed by atoms with van der Waals surface area (Å²) in [5, 5.41) is 2.48. The fourth-order valence-electron chi connectivity index (χ4n) is 11.5. The van der Waals surface area contributed by atoms with Crippen molar-refractivity contribution in [3.63, 3.8) is 0 Å². The van der Waals surface area contributed by atoms with Crippen LogP contribution in [0, 0.1) is 0 Å². The van der Waals surface area contributed by atoms with E-state index < -0.39 is 0 Å². The van der Waals surface area contributed by atoms with Crippen molar-refractivity contribution >= 4 is 38.9 Å². The molecule has 12 aromatic rings. The van der Waals surface area contributed by atoms with Gasteiger partial charge in [-0.1, -0.05) is 226 Å². The van der Waals surface area contributed by atoms with Crippen molar-refractivity contribution in [2.45, 2.75) is 19.3 Å². The summed E-state index contributed by atoms with van der Waals surface area (Å²) in [5.41, 5.74) is 23.9. The first-order chi connectivity index (χ1) is 35.0. The van der Waals surface area contributed by atoms with Gasteiger partial charge in [-0.2, -0.15) is 0 Å². The largest absolute Gasteiger partial charge is 0.309 e. The molecule has 13 rings (SSSR count). The third-order valence-electron chi connectivity index (χ3n) is 14.9. The maximum atomic E-state index is 2.50. The number of nitrogens with zero attached hydrogens (tertiary/aromatic N) is 2. The minimum absolute atomic E-state index is 0.127. The lowest BCUT2D eigenvalue weighted by atomic mass is 9.82. The molecule has 1 aromatic heterocycles. The summed E-state index contributed by atoms with van der Waals surface area (Å²) >= 11 is 0. The van der Waals surface area contributed by atoms with Gasteiger partial charge in [-0.05, 0) is 121 Å². The fraction of sp³-hybridized carbons (Fsp3) is 0.0435. The first-order valence-electron chi connectivity index (χ1n) is 24.7. The van der Waals surface area contributed by atoms with Gasteiger partial charge in [-0.25, -0.2) is 0 Å². The van der Waals surface area contributed by atoms with Crippen LogP contribution < -0.4 is 4.90 Å². The second-order valence-corrected chi connectivity index (χ2v) is 19.2. The standard InChI is InChI=1S/C69H50N2/c1-69(2)62-35-17-13-33-60(62)68-59(34-21-36-63(68)69)57-31-15-19-38-65(57)71(64-37-18-14-30-56(64)55-29-12-11-28-54(55)53-27-10-9-26-52(53)48-22-5-3-6-23-48)51-43-40-47(41-44-51)49-42-45-67-61(46-49)58-32-16-20-39-66(58)70(67)50-24-7-4-8-25-50/h3-46H,1-2H3. The zero-order valence-corrected chi connectivity index (χ0v) is 39.8. The molecule has 0 fully saturated rings. The molecule has 1 aliphatic carbocycles. The van der Waals surface area contributed by atoms with Crippen LogP contribution in [0.15, 0.2) is 267 Å². The van der Waals surface area contributed by atoms with Gasteiger partial charge in [0.15, 0.2) is 0 Å². The predicted octanol–water partition coefficient (Wildman–Crippen LogP) is 18.9. The lowest BCUT2D eigenvalue weighted by Gasteiger charge is -2.31. The Labute approximate surface area is 416 Å². The van der Waals surface area contributed by atoms with Crippen LogP contribution in [-0.2, 0) is 5.41 Å². The van der Waals surface area contributed by atoms with E-state index in [4.69, 9.17) is 0 Å². The van der Waals surface area contributed by atoms with Crippen molar-refractivity contribution in [1.82, 2.24) is 4.57 Å². The second kappa shape index (κ2) is 17.2. The van der Waals surface area contributed by atoms with Crippen LogP contribution >= 0.6 is 0 Å². The molecule has 1 aliphatic rings. The SMILES string of the molecule is CC1(C)c2ccccc2-c2c(-c3ccccc3N(c3ccc(-c4ccc5c(c4)c4ccccc4n5-c4ccccc4)cc3)c3ccccc3-c3ccccc3-c3ccccc3-c3ccccc3)cccc21. The van der Waals surface area contributed by atoms with Crippen LogP contribution in [0.2, 0.25) is 0 Å². The molecule has 2 nitrogen and oxygen atoms in total. The minimum Gasteiger partial charge on any atom is -0.309 e. The van der Waals surface area contributed by atoms with Crippen LogP contribution in [0.3, 0.4) is 0 Å². The van der Waals surface area contributed by atoms with Crippen molar-refractivity contribution < 1.29 is 0 Å². The number of rotatable bonds is 9. The molecular formula is C69H50N2. The zero-order chi connectivity index (χ0) is 47.5. The van der Waals surface area contributed by atoms with E-state index in [1.807, 2.05) is 0 Å². The highest BCUT2D eigenvalue weighted by Crippen LogP contribution is 2.54. The van der Waals surface area contributed by atoms with E-state index in [0.29, 0.717) is 0 Å². The van der Waals surface area contributed by atoms with Crippen LogP contribution in [0.5, 0.6) is 0 Å². The molecule has 0 saturated carbocycles. The summed E-state index contributed by atoms with van der Waals surface area (Å²) in [7, 11) is 0. The second-order valence-electron chi connectivity index (χ2n) is 19.2. The van der Waals surface area contributed by atoms with Gasteiger partial charge in [0.2, 0.25) is 0 Å². The Balaban J connectivity index is 1.00. The third kappa shape index (κ3) is 7.02. The molecule has 0 unspecified atom stereocenters. The summed E-state index contributed by atoms with van der Waals surface area (Å²) in [6.45, 7) is 4.73. The summed E-state index contributed by atoms with van der Waals surface area (Å²) in [6.07, 6.45) is 0. The van der Waals surface area contributed by atoms with Crippen LogP contribution in [0.1, 0.15) is 25.0 Å².